The first kappa shape index (κ1) is 15.9. The fraction of sp³-hybridized carbons (Fsp3) is 0.562. The molecule has 0 spiro atoms. The fourth-order valence-corrected chi connectivity index (χ4v) is 2.98. The zero-order valence-corrected chi connectivity index (χ0v) is 12.8. The van der Waals surface area contributed by atoms with Gasteiger partial charge in [0, 0.05) is 12.6 Å². The molecule has 116 valence electrons. The van der Waals surface area contributed by atoms with Crippen molar-refractivity contribution >= 4 is 5.97 Å². The summed E-state index contributed by atoms with van der Waals surface area (Å²) in [7, 11) is 4.09. The van der Waals surface area contributed by atoms with Crippen molar-refractivity contribution in [1.82, 2.24) is 9.80 Å². The molecule has 1 fully saturated rings. The molecule has 1 aliphatic heterocycles. The van der Waals surface area contributed by atoms with Gasteiger partial charge in [0.15, 0.2) is 5.54 Å². The van der Waals surface area contributed by atoms with E-state index in [0.29, 0.717) is 18.2 Å². The maximum atomic E-state index is 11.7. The van der Waals surface area contributed by atoms with Crippen LogP contribution in [0.3, 0.4) is 0 Å². The van der Waals surface area contributed by atoms with Crippen LogP contribution in [0.1, 0.15) is 18.4 Å². The lowest BCUT2D eigenvalue weighted by Crippen LogP contribution is -2.55. The molecule has 1 atom stereocenters. The third-order valence-corrected chi connectivity index (χ3v) is 4.48. The largest absolute Gasteiger partial charge is 0.480 e. The first-order valence-corrected chi connectivity index (χ1v) is 7.40. The Morgan fingerprint density at radius 1 is 1.38 bits per heavy atom. The van der Waals surface area contributed by atoms with Gasteiger partial charge in [0.1, 0.15) is 0 Å². The van der Waals surface area contributed by atoms with Gasteiger partial charge in [-0.2, -0.15) is 0 Å². The third-order valence-electron chi connectivity index (χ3n) is 4.48. The number of piperidine rings is 1. The summed E-state index contributed by atoms with van der Waals surface area (Å²) in [6, 6.07) is 9.50. The molecule has 1 aliphatic rings. The maximum Gasteiger partial charge on any atom is 0.329 e. The normalized spacial score (nSPS) is 20.4. The molecule has 1 aromatic rings. The van der Waals surface area contributed by atoms with Crippen LogP contribution in [0.15, 0.2) is 30.3 Å². The fourth-order valence-electron chi connectivity index (χ4n) is 2.98. The number of benzene rings is 1. The Labute approximate surface area is 126 Å². The highest BCUT2D eigenvalue weighted by Gasteiger charge is 2.38. The molecule has 5 heteroatoms. The minimum absolute atomic E-state index is 0.320. The summed E-state index contributed by atoms with van der Waals surface area (Å²) in [5.74, 6) is -0.978. The number of hydrogen-bond donors (Lipinski definition) is 2. The van der Waals surface area contributed by atoms with Crippen LogP contribution >= 0.6 is 0 Å². The first-order valence-electron chi connectivity index (χ1n) is 7.40. The molecule has 21 heavy (non-hydrogen) atoms. The van der Waals surface area contributed by atoms with Crippen LogP contribution in [0.5, 0.6) is 0 Å². The van der Waals surface area contributed by atoms with E-state index < -0.39 is 11.5 Å². The van der Waals surface area contributed by atoms with Crippen molar-refractivity contribution < 1.29 is 9.90 Å². The van der Waals surface area contributed by atoms with Crippen molar-refractivity contribution in [3.05, 3.63) is 35.9 Å². The Hall–Kier alpha value is -1.43. The molecule has 1 aromatic carbocycles. The minimum atomic E-state index is -1.36. The number of carboxylic acids is 1. The third kappa shape index (κ3) is 3.61. The molecule has 0 bridgehead atoms. The van der Waals surface area contributed by atoms with Gasteiger partial charge < -0.3 is 20.6 Å². The Morgan fingerprint density at radius 2 is 1.95 bits per heavy atom. The summed E-state index contributed by atoms with van der Waals surface area (Å²) in [6.45, 7) is 2.41. The van der Waals surface area contributed by atoms with Gasteiger partial charge in [-0.05, 0) is 45.6 Å². The summed E-state index contributed by atoms with van der Waals surface area (Å²) in [6.07, 6.45) is 2.11. The average molecular weight is 291 g/mol. The van der Waals surface area contributed by atoms with E-state index in [9.17, 15) is 9.90 Å². The van der Waals surface area contributed by atoms with Gasteiger partial charge in [0.2, 0.25) is 0 Å². The van der Waals surface area contributed by atoms with Gasteiger partial charge in [-0.25, -0.2) is 4.79 Å². The second kappa shape index (κ2) is 6.56. The minimum Gasteiger partial charge on any atom is -0.480 e. The lowest BCUT2D eigenvalue weighted by Gasteiger charge is -2.38. The number of likely N-dealkylation sites (N-methyl/N-ethyl adjacent to an activating group) is 1. The lowest BCUT2D eigenvalue weighted by atomic mass is 9.89. The average Bonchev–Trinajstić information content (AvgIpc) is 2.48. The zero-order valence-electron chi connectivity index (χ0n) is 12.8. The molecule has 2 rings (SSSR count). The van der Waals surface area contributed by atoms with Crippen LogP contribution in [0.4, 0.5) is 0 Å². The molecule has 0 saturated carbocycles. The highest BCUT2D eigenvalue weighted by Crippen LogP contribution is 2.23. The van der Waals surface area contributed by atoms with E-state index in [4.69, 9.17) is 5.73 Å². The van der Waals surface area contributed by atoms with Gasteiger partial charge >= 0.3 is 5.97 Å². The van der Waals surface area contributed by atoms with Crippen molar-refractivity contribution in [3.63, 3.8) is 0 Å². The van der Waals surface area contributed by atoms with Gasteiger partial charge in [-0.3, -0.25) is 0 Å². The van der Waals surface area contributed by atoms with Gasteiger partial charge in [-0.1, -0.05) is 30.3 Å². The van der Waals surface area contributed by atoms with Crippen molar-refractivity contribution in [2.45, 2.75) is 24.4 Å². The van der Waals surface area contributed by atoms with E-state index in [0.717, 1.165) is 25.9 Å². The molecule has 0 aromatic heterocycles. The van der Waals surface area contributed by atoms with E-state index in [2.05, 4.69) is 16.8 Å². The number of aliphatic carboxylic acids is 1. The number of nitrogens with zero attached hydrogens (tertiary/aromatic N) is 2. The SMILES string of the molecule is CN1CCC(N(C)CC(N)(C(=O)O)c2ccccc2)CC1. The molecular formula is C16H25N3O2. The predicted octanol–water partition coefficient (Wildman–Crippen LogP) is 0.951. The smallest absolute Gasteiger partial charge is 0.329 e. The quantitative estimate of drug-likeness (QED) is 0.845. The summed E-state index contributed by atoms with van der Waals surface area (Å²) in [4.78, 5) is 16.1. The van der Waals surface area contributed by atoms with Crippen LogP contribution in [0, 0.1) is 0 Å². The van der Waals surface area contributed by atoms with E-state index in [1.165, 1.54) is 0 Å². The van der Waals surface area contributed by atoms with Gasteiger partial charge in [0.25, 0.3) is 0 Å². The Balaban J connectivity index is 2.11. The molecule has 5 nitrogen and oxygen atoms in total. The predicted molar refractivity (Wildman–Crippen MR) is 83.1 cm³/mol. The topological polar surface area (TPSA) is 69.8 Å². The summed E-state index contributed by atoms with van der Waals surface area (Å²) in [5.41, 5.74) is 5.53. The monoisotopic (exact) mass is 291 g/mol. The molecule has 0 amide bonds. The number of rotatable bonds is 5. The van der Waals surface area contributed by atoms with E-state index in [1.807, 2.05) is 25.2 Å². The Morgan fingerprint density at radius 3 is 2.48 bits per heavy atom. The number of carboxylic acid groups (broad SMARTS) is 1. The standard InChI is InChI=1S/C16H25N3O2/c1-18-10-8-14(9-11-18)19(2)12-16(17,15(20)21)13-6-4-3-5-7-13/h3-7,14H,8-12,17H2,1-2H3,(H,20,21). The summed E-state index contributed by atoms with van der Waals surface area (Å²) < 4.78 is 0. The number of carbonyl (C=O) groups is 1. The molecule has 0 radical (unpaired) electrons. The highest BCUT2D eigenvalue weighted by molar-refractivity contribution is 5.80. The van der Waals surface area contributed by atoms with Gasteiger partial charge in [0.05, 0.1) is 0 Å². The van der Waals surface area contributed by atoms with Crippen LogP contribution < -0.4 is 5.73 Å². The summed E-state index contributed by atoms with van der Waals surface area (Å²) >= 11 is 0. The van der Waals surface area contributed by atoms with Gasteiger partial charge in [-0.15, -0.1) is 0 Å². The molecule has 1 unspecified atom stereocenters. The van der Waals surface area contributed by atoms with Crippen LogP contribution in [-0.2, 0) is 10.3 Å². The number of likely N-dealkylation sites (tertiary alicyclic amines) is 1. The molecular weight excluding hydrogens is 266 g/mol. The first-order chi connectivity index (χ1) is 9.93. The van der Waals surface area contributed by atoms with Crippen molar-refractivity contribution in [3.8, 4) is 0 Å². The van der Waals surface area contributed by atoms with E-state index in [1.54, 1.807) is 12.1 Å². The van der Waals surface area contributed by atoms with Crippen molar-refractivity contribution in [2.24, 2.45) is 5.73 Å². The van der Waals surface area contributed by atoms with Crippen LogP contribution in [0.2, 0.25) is 0 Å². The Kier molecular flexibility index (Phi) is 4.98. The number of hydrogen-bond acceptors (Lipinski definition) is 4. The van der Waals surface area contributed by atoms with E-state index in [-0.39, 0.29) is 0 Å². The van der Waals surface area contributed by atoms with Crippen molar-refractivity contribution in [2.75, 3.05) is 33.7 Å². The van der Waals surface area contributed by atoms with Crippen LogP contribution in [-0.4, -0.2) is 60.6 Å². The zero-order chi connectivity index (χ0) is 15.5. The molecule has 3 N–H and O–H groups in total. The second-order valence-electron chi connectivity index (χ2n) is 6.09. The van der Waals surface area contributed by atoms with Crippen LogP contribution in [0.25, 0.3) is 0 Å². The lowest BCUT2D eigenvalue weighted by molar-refractivity contribution is -0.144. The second-order valence-corrected chi connectivity index (χ2v) is 6.09. The molecule has 0 aliphatic carbocycles. The summed E-state index contributed by atoms with van der Waals surface area (Å²) in [5, 5.41) is 9.62. The Bertz CT molecular complexity index is 472. The highest BCUT2D eigenvalue weighted by atomic mass is 16.4. The van der Waals surface area contributed by atoms with E-state index >= 15 is 0 Å². The maximum absolute atomic E-state index is 11.7. The van der Waals surface area contributed by atoms with Crippen molar-refractivity contribution in [1.29, 1.82) is 0 Å². The molecule has 1 saturated heterocycles. The number of nitrogens with two attached hydrogens (primary N) is 1. The molecule has 1 heterocycles.